The Labute approximate surface area is 234 Å². The van der Waals surface area contributed by atoms with Crippen molar-refractivity contribution < 1.29 is 19.2 Å². The van der Waals surface area contributed by atoms with Crippen molar-refractivity contribution in [1.29, 1.82) is 0 Å². The number of benzene rings is 2. The topological polar surface area (TPSA) is 116 Å². The van der Waals surface area contributed by atoms with E-state index in [1.807, 2.05) is 6.07 Å². The molecule has 0 spiro atoms. The second-order valence-corrected chi connectivity index (χ2v) is 10.6. The van der Waals surface area contributed by atoms with Crippen molar-refractivity contribution in [3.05, 3.63) is 94.7 Å². The van der Waals surface area contributed by atoms with Gasteiger partial charge in [-0.25, -0.2) is 9.79 Å². The Morgan fingerprint density at radius 1 is 1.20 bits per heavy atom. The summed E-state index contributed by atoms with van der Waals surface area (Å²) < 4.78 is 12.6. The molecule has 0 saturated carbocycles. The number of piperidine rings is 1. The molecule has 0 aliphatic carbocycles. The van der Waals surface area contributed by atoms with Gasteiger partial charge in [0.25, 0.3) is 11.2 Å². The highest BCUT2D eigenvalue weighted by molar-refractivity contribution is 7.07. The summed E-state index contributed by atoms with van der Waals surface area (Å²) in [4.78, 5) is 45.6. The van der Waals surface area contributed by atoms with Gasteiger partial charge in [-0.1, -0.05) is 23.5 Å². The first-order chi connectivity index (χ1) is 19.3. The van der Waals surface area contributed by atoms with Crippen LogP contribution in [0.3, 0.4) is 0 Å². The Balaban J connectivity index is 1.72. The van der Waals surface area contributed by atoms with Crippen molar-refractivity contribution in [3.63, 3.8) is 0 Å². The van der Waals surface area contributed by atoms with Gasteiger partial charge in [0.1, 0.15) is 5.75 Å². The molecule has 208 valence electrons. The molecule has 0 bridgehead atoms. The lowest BCUT2D eigenvalue weighted by atomic mass is 9.95. The number of nitro groups is 1. The number of aromatic nitrogens is 1. The molecule has 0 amide bonds. The number of thiazole rings is 1. The molecule has 3 heterocycles. The highest BCUT2D eigenvalue weighted by Crippen LogP contribution is 2.33. The van der Waals surface area contributed by atoms with Crippen LogP contribution in [-0.4, -0.2) is 42.3 Å². The van der Waals surface area contributed by atoms with Crippen molar-refractivity contribution in [1.82, 2.24) is 4.57 Å². The fourth-order valence-electron chi connectivity index (χ4n) is 5.25. The number of nitro benzene ring substituents is 1. The van der Waals surface area contributed by atoms with Gasteiger partial charge in [-0.2, -0.15) is 0 Å². The number of methoxy groups -OCH3 is 1. The van der Waals surface area contributed by atoms with E-state index in [0.717, 1.165) is 38.0 Å². The summed E-state index contributed by atoms with van der Waals surface area (Å²) >= 11 is 1.19. The van der Waals surface area contributed by atoms with Crippen LogP contribution in [0.2, 0.25) is 0 Å². The third-order valence-corrected chi connectivity index (χ3v) is 8.11. The summed E-state index contributed by atoms with van der Waals surface area (Å²) in [6.45, 7) is 5.32. The predicted molar refractivity (Wildman–Crippen MR) is 153 cm³/mol. The van der Waals surface area contributed by atoms with Gasteiger partial charge in [0, 0.05) is 36.5 Å². The van der Waals surface area contributed by atoms with Crippen LogP contribution in [-0.2, 0) is 9.53 Å². The molecule has 40 heavy (non-hydrogen) atoms. The van der Waals surface area contributed by atoms with E-state index in [4.69, 9.17) is 9.47 Å². The standard InChI is InChI=1S/C29H30N4O6S/c1-4-39-28(35)25-18(2)30-29-32(26(25)19-9-8-10-22(16-19)38-3)27(34)24(40-29)17-20-15-21(33(36)37)11-12-23(20)31-13-6-5-7-14-31/h8-12,15-17,26H,4-7,13-14H2,1-3H3/b24-17+/t26-/m1/s1. The molecule has 11 heteroatoms. The van der Waals surface area contributed by atoms with Gasteiger partial charge >= 0.3 is 5.97 Å². The van der Waals surface area contributed by atoms with Crippen molar-refractivity contribution >= 4 is 34.8 Å². The largest absolute Gasteiger partial charge is 0.497 e. The maximum atomic E-state index is 14.0. The van der Waals surface area contributed by atoms with Gasteiger partial charge in [-0.05, 0) is 62.9 Å². The van der Waals surface area contributed by atoms with Crippen LogP contribution in [0.15, 0.2) is 63.5 Å². The van der Waals surface area contributed by atoms with Crippen LogP contribution < -0.4 is 24.5 Å². The highest BCUT2D eigenvalue weighted by atomic mass is 32.1. The number of carbonyl (C=O) groups excluding carboxylic acids is 1. The number of anilines is 1. The van der Waals surface area contributed by atoms with Gasteiger partial charge in [-0.15, -0.1) is 0 Å². The number of nitrogens with zero attached hydrogens (tertiary/aromatic N) is 4. The smallest absolute Gasteiger partial charge is 0.338 e. The molecule has 2 aliphatic rings. The van der Waals surface area contributed by atoms with Gasteiger partial charge in [0.2, 0.25) is 0 Å². The highest BCUT2D eigenvalue weighted by Gasteiger charge is 2.33. The zero-order valence-corrected chi connectivity index (χ0v) is 23.4. The molecule has 1 saturated heterocycles. The first kappa shape index (κ1) is 27.3. The summed E-state index contributed by atoms with van der Waals surface area (Å²) in [5, 5.41) is 11.6. The summed E-state index contributed by atoms with van der Waals surface area (Å²) in [7, 11) is 1.55. The van der Waals surface area contributed by atoms with Gasteiger partial charge in [0.15, 0.2) is 4.80 Å². The SMILES string of the molecule is CCOC(=O)C1=C(C)N=c2s/c(=C/c3cc([N+](=O)[O-])ccc3N3CCCCC3)c(=O)n2[C@@H]1c1cccc(OC)c1. The molecule has 3 aromatic rings. The molecule has 0 unspecified atom stereocenters. The quantitative estimate of drug-likeness (QED) is 0.245. The molecular weight excluding hydrogens is 532 g/mol. The molecule has 0 radical (unpaired) electrons. The van der Waals surface area contributed by atoms with Gasteiger partial charge in [0.05, 0.1) is 40.5 Å². The Morgan fingerprint density at radius 2 is 1.98 bits per heavy atom. The number of ether oxygens (including phenoxy) is 2. The van der Waals surface area contributed by atoms with E-state index >= 15 is 0 Å². The summed E-state index contributed by atoms with van der Waals surface area (Å²) in [5.74, 6) is 0.0391. The van der Waals surface area contributed by atoms with Crippen LogP contribution in [0.1, 0.15) is 50.3 Å². The molecule has 1 aromatic heterocycles. The van der Waals surface area contributed by atoms with Gasteiger partial charge < -0.3 is 14.4 Å². The summed E-state index contributed by atoms with van der Waals surface area (Å²) in [6, 6.07) is 11.2. The molecular formula is C29H30N4O6S. The van der Waals surface area contributed by atoms with Crippen LogP contribution in [0, 0.1) is 10.1 Å². The van der Waals surface area contributed by atoms with Crippen molar-refractivity contribution in [2.45, 2.75) is 39.2 Å². The zero-order chi connectivity index (χ0) is 28.4. The molecule has 1 fully saturated rings. The van der Waals surface area contributed by atoms with Crippen LogP contribution >= 0.6 is 11.3 Å². The summed E-state index contributed by atoms with van der Waals surface area (Å²) in [6.07, 6.45) is 4.92. The monoisotopic (exact) mass is 562 g/mol. The second-order valence-electron chi connectivity index (χ2n) is 9.63. The van der Waals surface area contributed by atoms with E-state index < -0.39 is 16.9 Å². The van der Waals surface area contributed by atoms with E-state index in [9.17, 15) is 19.7 Å². The molecule has 2 aliphatic heterocycles. The van der Waals surface area contributed by atoms with E-state index in [0.29, 0.717) is 31.9 Å². The average molecular weight is 563 g/mol. The Kier molecular flexibility index (Phi) is 7.83. The minimum Gasteiger partial charge on any atom is -0.497 e. The molecule has 10 nitrogen and oxygen atoms in total. The number of carbonyl (C=O) groups is 1. The van der Waals surface area contributed by atoms with E-state index in [2.05, 4.69) is 9.89 Å². The Morgan fingerprint density at radius 3 is 2.67 bits per heavy atom. The number of non-ortho nitro benzene ring substituents is 1. The molecule has 0 N–H and O–H groups in total. The fourth-order valence-corrected chi connectivity index (χ4v) is 6.29. The van der Waals surface area contributed by atoms with Crippen molar-refractivity contribution in [2.24, 2.45) is 4.99 Å². The first-order valence-corrected chi connectivity index (χ1v) is 14.0. The lowest BCUT2D eigenvalue weighted by molar-refractivity contribution is -0.384. The first-order valence-electron chi connectivity index (χ1n) is 13.2. The number of fused-ring (bicyclic) bond motifs is 1. The number of rotatable bonds is 7. The van der Waals surface area contributed by atoms with Crippen LogP contribution in [0.5, 0.6) is 5.75 Å². The van der Waals surface area contributed by atoms with Crippen LogP contribution in [0.4, 0.5) is 11.4 Å². The average Bonchev–Trinajstić information content (AvgIpc) is 3.26. The zero-order valence-electron chi connectivity index (χ0n) is 22.6. The molecule has 2 aromatic carbocycles. The van der Waals surface area contributed by atoms with E-state index in [1.54, 1.807) is 51.3 Å². The normalized spacial score (nSPS) is 17.3. The predicted octanol–water partition coefficient (Wildman–Crippen LogP) is 3.71. The number of esters is 1. The fraction of sp³-hybridized carbons (Fsp3) is 0.345. The van der Waals surface area contributed by atoms with E-state index in [-0.39, 0.29) is 23.4 Å². The van der Waals surface area contributed by atoms with Crippen LogP contribution in [0.25, 0.3) is 6.08 Å². The molecule has 1 atom stereocenters. The lowest BCUT2D eigenvalue weighted by Crippen LogP contribution is -2.40. The third kappa shape index (κ3) is 5.16. The molecule has 5 rings (SSSR count). The minimum absolute atomic E-state index is 0.0468. The lowest BCUT2D eigenvalue weighted by Gasteiger charge is -2.30. The maximum absolute atomic E-state index is 14.0. The number of hydrogen-bond donors (Lipinski definition) is 0. The van der Waals surface area contributed by atoms with E-state index in [1.165, 1.54) is 28.0 Å². The van der Waals surface area contributed by atoms with Gasteiger partial charge in [-0.3, -0.25) is 19.5 Å². The summed E-state index contributed by atoms with van der Waals surface area (Å²) in [5.41, 5.74) is 2.47. The Hall–Kier alpha value is -4.25. The number of allylic oxidation sites excluding steroid dienone is 1. The maximum Gasteiger partial charge on any atom is 0.338 e. The third-order valence-electron chi connectivity index (χ3n) is 7.13. The minimum atomic E-state index is -0.778. The van der Waals surface area contributed by atoms with Crippen molar-refractivity contribution in [2.75, 3.05) is 31.7 Å². The number of hydrogen-bond acceptors (Lipinski definition) is 9. The van der Waals surface area contributed by atoms with Crippen molar-refractivity contribution in [3.8, 4) is 5.75 Å². The Bertz CT molecular complexity index is 1680. The second kappa shape index (κ2) is 11.5.